The van der Waals surface area contributed by atoms with Crippen LogP contribution in [0.2, 0.25) is 0 Å². The van der Waals surface area contributed by atoms with Crippen LogP contribution in [0.15, 0.2) is 24.3 Å². The van der Waals surface area contributed by atoms with Gasteiger partial charge in [-0.2, -0.15) is 0 Å². The molecule has 0 radical (unpaired) electrons. The fraction of sp³-hybridized carbons (Fsp3) is 0.571. The molecule has 0 saturated carbocycles. The van der Waals surface area contributed by atoms with Gasteiger partial charge in [0, 0.05) is 13.2 Å². The van der Waals surface area contributed by atoms with Crippen molar-refractivity contribution >= 4 is 0 Å². The first kappa shape index (κ1) is 16.8. The van der Waals surface area contributed by atoms with Gasteiger partial charge in [0.25, 0.3) is 0 Å². The summed E-state index contributed by atoms with van der Waals surface area (Å²) in [4.78, 5) is 0. The normalized spacial score (nSPS) is 11.6. The predicted molar refractivity (Wildman–Crippen MR) is 70.4 cm³/mol. The van der Waals surface area contributed by atoms with Crippen molar-refractivity contribution in [2.45, 2.75) is 38.6 Å². The van der Waals surface area contributed by atoms with Crippen LogP contribution in [0.5, 0.6) is 5.75 Å². The first-order chi connectivity index (χ1) is 9.51. The molecular weight excluding hydrogens is 271 g/mol. The number of aliphatic hydroxyl groups excluding tert-OH is 1. The van der Waals surface area contributed by atoms with Gasteiger partial charge in [0.05, 0.1) is 0 Å². The third kappa shape index (κ3) is 8.01. The minimum Gasteiger partial charge on any atom is -0.406 e. The Balaban J connectivity index is 2.18. The summed E-state index contributed by atoms with van der Waals surface area (Å²) in [6.07, 6.45) is -0.710. The average Bonchev–Trinajstić information content (AvgIpc) is 2.38. The second kappa shape index (κ2) is 8.81. The maximum absolute atomic E-state index is 12.0. The van der Waals surface area contributed by atoms with Gasteiger partial charge < -0.3 is 15.2 Å². The van der Waals surface area contributed by atoms with Crippen molar-refractivity contribution in [3.63, 3.8) is 0 Å². The molecule has 0 heterocycles. The van der Waals surface area contributed by atoms with Crippen molar-refractivity contribution in [2.75, 3.05) is 13.2 Å². The van der Waals surface area contributed by atoms with E-state index >= 15 is 0 Å². The molecule has 0 amide bonds. The Labute approximate surface area is 116 Å². The standard InChI is InChI=1S/C14H20F3NO2/c15-14(16,17)20-13-7-5-12(6-8-13)11-18-9-3-1-2-4-10-19/h5-8,18-19H,1-4,9-11H2. The smallest absolute Gasteiger partial charge is 0.406 e. The van der Waals surface area contributed by atoms with Crippen molar-refractivity contribution in [2.24, 2.45) is 0 Å². The van der Waals surface area contributed by atoms with E-state index in [0.29, 0.717) is 6.54 Å². The number of hydrogen-bond acceptors (Lipinski definition) is 3. The molecule has 0 atom stereocenters. The fourth-order valence-corrected chi connectivity index (χ4v) is 1.76. The molecule has 114 valence electrons. The highest BCUT2D eigenvalue weighted by molar-refractivity contribution is 5.27. The van der Waals surface area contributed by atoms with Crippen LogP contribution in [-0.2, 0) is 6.54 Å². The van der Waals surface area contributed by atoms with Crippen LogP contribution in [-0.4, -0.2) is 24.6 Å². The number of rotatable bonds is 9. The van der Waals surface area contributed by atoms with E-state index in [2.05, 4.69) is 10.1 Å². The summed E-state index contributed by atoms with van der Waals surface area (Å²) < 4.78 is 39.7. The SMILES string of the molecule is OCCCCCCNCc1ccc(OC(F)(F)F)cc1. The minimum atomic E-state index is -4.64. The number of ether oxygens (including phenoxy) is 1. The van der Waals surface area contributed by atoms with E-state index in [1.54, 1.807) is 12.1 Å². The number of hydrogen-bond donors (Lipinski definition) is 2. The molecular formula is C14H20F3NO2. The van der Waals surface area contributed by atoms with Gasteiger partial charge in [-0.25, -0.2) is 0 Å². The second-order valence-corrected chi connectivity index (χ2v) is 4.51. The van der Waals surface area contributed by atoms with Crippen LogP contribution in [0.4, 0.5) is 13.2 Å². The summed E-state index contributed by atoms with van der Waals surface area (Å²) in [7, 11) is 0. The summed E-state index contributed by atoms with van der Waals surface area (Å²) in [6.45, 7) is 1.71. The lowest BCUT2D eigenvalue weighted by atomic mass is 10.2. The molecule has 0 aromatic heterocycles. The average molecular weight is 291 g/mol. The molecule has 0 aliphatic carbocycles. The highest BCUT2D eigenvalue weighted by Gasteiger charge is 2.30. The molecule has 3 nitrogen and oxygen atoms in total. The van der Waals surface area contributed by atoms with E-state index in [-0.39, 0.29) is 12.4 Å². The maximum atomic E-state index is 12.0. The zero-order valence-corrected chi connectivity index (χ0v) is 11.2. The molecule has 0 bridgehead atoms. The summed E-state index contributed by atoms with van der Waals surface area (Å²) in [5.74, 6) is -0.203. The van der Waals surface area contributed by atoms with Gasteiger partial charge in [-0.3, -0.25) is 0 Å². The lowest BCUT2D eigenvalue weighted by molar-refractivity contribution is -0.274. The van der Waals surface area contributed by atoms with Crippen molar-refractivity contribution < 1.29 is 23.0 Å². The monoisotopic (exact) mass is 291 g/mol. The number of alkyl halides is 3. The van der Waals surface area contributed by atoms with Crippen molar-refractivity contribution in [1.29, 1.82) is 0 Å². The molecule has 0 saturated heterocycles. The number of nitrogens with one attached hydrogen (secondary N) is 1. The Hall–Kier alpha value is -1.27. The fourth-order valence-electron chi connectivity index (χ4n) is 1.76. The van der Waals surface area contributed by atoms with E-state index < -0.39 is 6.36 Å². The molecule has 1 rings (SSSR count). The molecule has 0 aliphatic rings. The Morgan fingerprint density at radius 1 is 1.00 bits per heavy atom. The molecule has 0 spiro atoms. The zero-order valence-electron chi connectivity index (χ0n) is 11.2. The van der Waals surface area contributed by atoms with Crippen LogP contribution in [0.1, 0.15) is 31.2 Å². The number of benzene rings is 1. The van der Waals surface area contributed by atoms with Crippen molar-refractivity contribution in [3.8, 4) is 5.75 Å². The second-order valence-electron chi connectivity index (χ2n) is 4.51. The number of unbranched alkanes of at least 4 members (excludes halogenated alkanes) is 3. The molecule has 20 heavy (non-hydrogen) atoms. The van der Waals surface area contributed by atoms with Gasteiger partial charge in [0.1, 0.15) is 5.75 Å². The highest BCUT2D eigenvalue weighted by Crippen LogP contribution is 2.22. The van der Waals surface area contributed by atoms with E-state index in [1.807, 2.05) is 0 Å². The highest BCUT2D eigenvalue weighted by atomic mass is 19.4. The first-order valence-corrected chi connectivity index (χ1v) is 6.67. The summed E-state index contributed by atoms with van der Waals surface area (Å²) in [5.41, 5.74) is 0.912. The molecule has 0 unspecified atom stereocenters. The van der Waals surface area contributed by atoms with Crippen LogP contribution < -0.4 is 10.1 Å². The maximum Gasteiger partial charge on any atom is 0.573 e. The van der Waals surface area contributed by atoms with Gasteiger partial charge >= 0.3 is 6.36 Å². The lowest BCUT2D eigenvalue weighted by Gasteiger charge is -2.09. The Morgan fingerprint density at radius 2 is 1.65 bits per heavy atom. The van der Waals surface area contributed by atoms with Crippen molar-refractivity contribution in [1.82, 2.24) is 5.32 Å². The minimum absolute atomic E-state index is 0.203. The van der Waals surface area contributed by atoms with Gasteiger partial charge in [-0.1, -0.05) is 25.0 Å². The van der Waals surface area contributed by atoms with Crippen LogP contribution in [0.25, 0.3) is 0 Å². The zero-order chi connectivity index (χ0) is 14.8. The molecule has 0 aliphatic heterocycles. The molecule has 1 aromatic rings. The first-order valence-electron chi connectivity index (χ1n) is 6.67. The Morgan fingerprint density at radius 3 is 2.25 bits per heavy atom. The number of halogens is 3. The number of aliphatic hydroxyl groups is 1. The Bertz CT molecular complexity index is 366. The van der Waals surface area contributed by atoms with Crippen LogP contribution in [0.3, 0.4) is 0 Å². The molecule has 2 N–H and O–H groups in total. The van der Waals surface area contributed by atoms with E-state index in [1.165, 1.54) is 12.1 Å². The lowest BCUT2D eigenvalue weighted by Crippen LogP contribution is -2.17. The third-order valence-electron chi connectivity index (χ3n) is 2.75. The summed E-state index contributed by atoms with van der Waals surface area (Å²) in [6, 6.07) is 5.84. The van der Waals surface area contributed by atoms with Gasteiger partial charge in [-0.15, -0.1) is 13.2 Å². The summed E-state index contributed by atoms with van der Waals surface area (Å²) in [5, 5.41) is 11.8. The van der Waals surface area contributed by atoms with Crippen LogP contribution in [0, 0.1) is 0 Å². The van der Waals surface area contributed by atoms with E-state index in [9.17, 15) is 13.2 Å². The molecule has 6 heteroatoms. The summed E-state index contributed by atoms with van der Waals surface area (Å²) >= 11 is 0. The third-order valence-corrected chi connectivity index (χ3v) is 2.75. The topological polar surface area (TPSA) is 41.5 Å². The predicted octanol–water partition coefficient (Wildman–Crippen LogP) is 3.23. The molecule has 1 aromatic carbocycles. The molecule has 0 fully saturated rings. The quantitative estimate of drug-likeness (QED) is 0.686. The largest absolute Gasteiger partial charge is 0.573 e. The van der Waals surface area contributed by atoms with E-state index in [4.69, 9.17) is 5.11 Å². The van der Waals surface area contributed by atoms with Gasteiger partial charge in [-0.05, 0) is 37.1 Å². The van der Waals surface area contributed by atoms with E-state index in [0.717, 1.165) is 37.8 Å². The van der Waals surface area contributed by atoms with Crippen molar-refractivity contribution in [3.05, 3.63) is 29.8 Å². The Kier molecular flexibility index (Phi) is 7.40. The van der Waals surface area contributed by atoms with Gasteiger partial charge in [0.2, 0.25) is 0 Å². The van der Waals surface area contributed by atoms with Crippen LogP contribution >= 0.6 is 0 Å². The van der Waals surface area contributed by atoms with Gasteiger partial charge in [0.15, 0.2) is 0 Å².